The van der Waals surface area contributed by atoms with Gasteiger partial charge < -0.3 is 4.74 Å². The van der Waals surface area contributed by atoms with Crippen molar-refractivity contribution in [1.29, 1.82) is 0 Å². The van der Waals surface area contributed by atoms with Gasteiger partial charge in [0.1, 0.15) is 5.75 Å². The maximum absolute atomic E-state index is 5.87. The molecule has 1 aromatic rings. The number of hydrogen-bond donors (Lipinski definition) is 0. The van der Waals surface area contributed by atoms with Crippen molar-refractivity contribution in [3.63, 3.8) is 0 Å². The fourth-order valence-corrected chi connectivity index (χ4v) is 2.05. The van der Waals surface area contributed by atoms with E-state index in [0.717, 1.165) is 31.1 Å². The first-order valence-corrected chi connectivity index (χ1v) is 7.48. The molecule has 2 heteroatoms. The minimum Gasteiger partial charge on any atom is -0.493 e. The summed E-state index contributed by atoms with van der Waals surface area (Å²) in [4.78, 5) is 0. The van der Waals surface area contributed by atoms with Crippen molar-refractivity contribution < 1.29 is 4.74 Å². The Kier molecular flexibility index (Phi) is 7.19. The molecule has 0 aromatic heterocycles. The molecule has 0 aliphatic heterocycles. The van der Waals surface area contributed by atoms with Crippen LogP contribution >= 0.6 is 11.6 Å². The second kappa shape index (κ2) is 8.42. The first kappa shape index (κ1) is 15.4. The van der Waals surface area contributed by atoms with Gasteiger partial charge in [-0.2, -0.15) is 0 Å². The van der Waals surface area contributed by atoms with Gasteiger partial charge in [0.05, 0.1) is 6.61 Å². The van der Waals surface area contributed by atoms with Gasteiger partial charge in [-0.15, -0.1) is 11.6 Å². The molecule has 0 amide bonds. The summed E-state index contributed by atoms with van der Waals surface area (Å²) < 4.78 is 5.87. The number of alkyl halides is 1. The lowest BCUT2D eigenvalue weighted by Gasteiger charge is -2.12. The Hall–Kier alpha value is -0.690. The molecule has 102 valence electrons. The predicted octanol–water partition coefficient (Wildman–Crippen LogP) is 5.30. The van der Waals surface area contributed by atoms with Gasteiger partial charge in [0, 0.05) is 5.88 Å². The van der Waals surface area contributed by atoms with Crippen LogP contribution in [0.1, 0.15) is 56.6 Å². The van der Waals surface area contributed by atoms with E-state index >= 15 is 0 Å². The lowest BCUT2D eigenvalue weighted by molar-refractivity contribution is 0.303. The second-order valence-corrected chi connectivity index (χ2v) is 5.51. The average Bonchev–Trinajstić information content (AvgIpc) is 2.35. The van der Waals surface area contributed by atoms with Gasteiger partial charge in [-0.3, -0.25) is 0 Å². The Labute approximate surface area is 116 Å². The van der Waals surface area contributed by atoms with Crippen LogP contribution in [0.4, 0.5) is 0 Å². The average molecular weight is 269 g/mol. The van der Waals surface area contributed by atoms with E-state index in [4.69, 9.17) is 16.3 Å². The van der Waals surface area contributed by atoms with Gasteiger partial charge in [0.15, 0.2) is 0 Å². The summed E-state index contributed by atoms with van der Waals surface area (Å²) in [5.41, 5.74) is 2.57. The quantitative estimate of drug-likeness (QED) is 0.459. The highest BCUT2D eigenvalue weighted by Gasteiger charge is 2.04. The Morgan fingerprint density at radius 3 is 2.50 bits per heavy atom. The van der Waals surface area contributed by atoms with Crippen molar-refractivity contribution in [3.05, 3.63) is 29.3 Å². The molecule has 0 aliphatic carbocycles. The van der Waals surface area contributed by atoms with Crippen LogP contribution in [0.25, 0.3) is 0 Å². The van der Waals surface area contributed by atoms with Crippen molar-refractivity contribution in [1.82, 2.24) is 0 Å². The maximum Gasteiger partial charge on any atom is 0.122 e. The molecule has 0 heterocycles. The Bertz CT molecular complexity index is 347. The van der Waals surface area contributed by atoms with Crippen LogP contribution in [-0.4, -0.2) is 12.5 Å². The van der Waals surface area contributed by atoms with Gasteiger partial charge in [0.25, 0.3) is 0 Å². The molecule has 1 nitrogen and oxygen atoms in total. The Morgan fingerprint density at radius 2 is 1.83 bits per heavy atom. The normalized spacial score (nSPS) is 10.9. The van der Waals surface area contributed by atoms with E-state index in [1.54, 1.807) is 0 Å². The third kappa shape index (κ3) is 5.30. The van der Waals surface area contributed by atoms with Gasteiger partial charge in [-0.05, 0) is 42.9 Å². The molecule has 0 unspecified atom stereocenters. The fourth-order valence-electron chi connectivity index (χ4n) is 1.86. The van der Waals surface area contributed by atoms with Crippen molar-refractivity contribution in [2.75, 3.05) is 12.5 Å². The number of unbranched alkanes of at least 4 members (excludes halogenated alkanes) is 3. The molecule has 0 fully saturated rings. The number of benzene rings is 1. The largest absolute Gasteiger partial charge is 0.493 e. The first-order valence-electron chi connectivity index (χ1n) is 6.94. The molecule has 0 atom stereocenters. The van der Waals surface area contributed by atoms with Crippen molar-refractivity contribution in [3.8, 4) is 5.75 Å². The molecule has 0 radical (unpaired) electrons. The summed E-state index contributed by atoms with van der Waals surface area (Å²) in [5, 5.41) is 0. The molecule has 0 N–H and O–H groups in total. The zero-order valence-corrected chi connectivity index (χ0v) is 12.6. The summed E-state index contributed by atoms with van der Waals surface area (Å²) in [6, 6.07) is 6.52. The van der Waals surface area contributed by atoms with Crippen LogP contribution in [-0.2, 0) is 0 Å². The number of aryl methyl sites for hydroxylation is 1. The van der Waals surface area contributed by atoms with Gasteiger partial charge in [-0.25, -0.2) is 0 Å². The molecular formula is C16H25ClO. The predicted molar refractivity (Wildman–Crippen MR) is 80.0 cm³/mol. The van der Waals surface area contributed by atoms with E-state index in [1.165, 1.54) is 24.0 Å². The number of ether oxygens (including phenoxy) is 1. The zero-order chi connectivity index (χ0) is 13.4. The number of rotatable bonds is 8. The molecule has 0 aliphatic rings. The van der Waals surface area contributed by atoms with E-state index in [1.807, 2.05) is 0 Å². The topological polar surface area (TPSA) is 9.23 Å². The minimum atomic E-state index is 0.552. The smallest absolute Gasteiger partial charge is 0.122 e. The van der Waals surface area contributed by atoms with Crippen LogP contribution < -0.4 is 4.74 Å². The van der Waals surface area contributed by atoms with E-state index in [0.29, 0.717) is 5.92 Å². The van der Waals surface area contributed by atoms with E-state index in [-0.39, 0.29) is 0 Å². The highest BCUT2D eigenvalue weighted by Crippen LogP contribution is 2.24. The number of halogens is 1. The molecule has 18 heavy (non-hydrogen) atoms. The lowest BCUT2D eigenvalue weighted by atomic mass is 10.0. The van der Waals surface area contributed by atoms with Crippen LogP contribution in [0, 0.1) is 6.92 Å². The summed E-state index contributed by atoms with van der Waals surface area (Å²) in [6.45, 7) is 7.33. The summed E-state index contributed by atoms with van der Waals surface area (Å²) >= 11 is 5.65. The molecular weight excluding hydrogens is 244 g/mol. The van der Waals surface area contributed by atoms with Crippen molar-refractivity contribution in [2.45, 2.75) is 52.4 Å². The van der Waals surface area contributed by atoms with E-state index < -0.39 is 0 Å². The van der Waals surface area contributed by atoms with Crippen molar-refractivity contribution in [2.24, 2.45) is 0 Å². The molecule has 1 aromatic carbocycles. The summed E-state index contributed by atoms with van der Waals surface area (Å²) in [6.07, 6.45) is 4.64. The highest BCUT2D eigenvalue weighted by atomic mass is 35.5. The second-order valence-electron chi connectivity index (χ2n) is 5.13. The van der Waals surface area contributed by atoms with Crippen LogP contribution in [0.3, 0.4) is 0 Å². The van der Waals surface area contributed by atoms with Crippen molar-refractivity contribution >= 4 is 11.6 Å². The Balaban J connectivity index is 2.39. The Morgan fingerprint density at radius 1 is 1.11 bits per heavy atom. The molecule has 0 bridgehead atoms. The van der Waals surface area contributed by atoms with Gasteiger partial charge in [0.2, 0.25) is 0 Å². The summed E-state index contributed by atoms with van der Waals surface area (Å²) in [7, 11) is 0. The molecule has 0 saturated carbocycles. The summed E-state index contributed by atoms with van der Waals surface area (Å²) in [5.74, 6) is 2.37. The van der Waals surface area contributed by atoms with Gasteiger partial charge >= 0.3 is 0 Å². The molecule has 1 rings (SSSR count). The minimum absolute atomic E-state index is 0.552. The molecule has 0 spiro atoms. The monoisotopic (exact) mass is 268 g/mol. The van der Waals surface area contributed by atoms with Crippen LogP contribution in [0.15, 0.2) is 18.2 Å². The third-order valence-electron chi connectivity index (χ3n) is 3.16. The molecule has 0 saturated heterocycles. The van der Waals surface area contributed by atoms with Gasteiger partial charge in [-0.1, -0.05) is 38.8 Å². The highest BCUT2D eigenvalue weighted by molar-refractivity contribution is 6.17. The SMILES string of the molecule is Cc1ccc(C(C)C)cc1OCCCCCCCl. The standard InChI is InChI=1S/C16H25ClO/c1-13(2)15-9-8-14(3)16(12-15)18-11-7-5-4-6-10-17/h8-9,12-13H,4-7,10-11H2,1-3H3. The van der Waals surface area contributed by atoms with Crippen LogP contribution in [0.5, 0.6) is 5.75 Å². The maximum atomic E-state index is 5.87. The fraction of sp³-hybridized carbons (Fsp3) is 0.625. The zero-order valence-electron chi connectivity index (χ0n) is 11.8. The first-order chi connectivity index (χ1) is 8.65. The van der Waals surface area contributed by atoms with E-state index in [2.05, 4.69) is 39.0 Å². The lowest BCUT2D eigenvalue weighted by Crippen LogP contribution is -2.00. The third-order valence-corrected chi connectivity index (χ3v) is 3.43. The van der Waals surface area contributed by atoms with E-state index in [9.17, 15) is 0 Å². The number of hydrogen-bond acceptors (Lipinski definition) is 1. The van der Waals surface area contributed by atoms with Crippen LogP contribution in [0.2, 0.25) is 0 Å².